The predicted octanol–water partition coefficient (Wildman–Crippen LogP) is -8.66. The topological polar surface area (TPSA) is 97.3 Å². The molecule has 4 unspecified atom stereocenters. The van der Waals surface area contributed by atoms with E-state index in [-0.39, 0.29) is 64.9 Å². The second kappa shape index (κ2) is 5.98. The van der Waals surface area contributed by atoms with Gasteiger partial charge in [0.15, 0.2) is 0 Å². The molecule has 5 nitrogen and oxygen atoms in total. The zero-order valence-electron chi connectivity index (χ0n) is 9.26. The Morgan fingerprint density at radius 1 is 0.938 bits per heavy atom. The van der Waals surface area contributed by atoms with Crippen LogP contribution in [0.25, 0.3) is 0 Å². The number of hydrogen-bond donors (Lipinski definition) is 0. The number of aliphatic carboxylic acids is 2. The minimum atomic E-state index is -1.44. The molecule has 0 aromatic heterocycles. The Morgan fingerprint density at radius 3 is 1.50 bits per heavy atom. The first-order chi connectivity index (χ1) is 6.54. The van der Waals surface area contributed by atoms with E-state index in [2.05, 4.69) is 0 Å². The van der Waals surface area contributed by atoms with Gasteiger partial charge in [0, 0.05) is 35.6 Å². The van der Waals surface area contributed by atoms with Crippen LogP contribution in [0.1, 0.15) is 12.8 Å². The molecule has 0 radical (unpaired) electrons. The fourth-order valence-corrected chi connectivity index (χ4v) is 2.75. The van der Waals surface area contributed by atoms with Crippen molar-refractivity contribution < 1.29 is 83.7 Å². The number of carbonyl (C=O) groups is 3. The molecule has 0 saturated heterocycles. The molecule has 0 aromatic carbocycles. The van der Waals surface area contributed by atoms with Gasteiger partial charge in [-0.2, -0.15) is 0 Å². The number of carbonyl (C=O) groups excluding carboxylic acids is 3. The van der Waals surface area contributed by atoms with Crippen LogP contribution in [-0.2, 0) is 14.4 Å². The van der Waals surface area contributed by atoms with E-state index >= 15 is 0 Å². The van der Waals surface area contributed by atoms with Crippen molar-refractivity contribution in [2.75, 3.05) is 0 Å². The zero-order valence-corrected chi connectivity index (χ0v) is 13.3. The Bertz CT molecular complexity index is 300. The summed E-state index contributed by atoms with van der Waals surface area (Å²) in [4.78, 5) is 32.8. The number of rotatable bonds is 2. The van der Waals surface area contributed by atoms with E-state index in [0.717, 1.165) is 0 Å². The van der Waals surface area contributed by atoms with Gasteiger partial charge in [0.25, 0.3) is 0 Å². The molecule has 2 rings (SSSR count). The molecule has 2 saturated carbocycles. The molecule has 7 heteroatoms. The zero-order chi connectivity index (χ0) is 10.5. The number of carboxylic acid groups (broad SMARTS) is 2. The third-order valence-electron chi connectivity index (χ3n) is 3.32. The van der Waals surface area contributed by atoms with Crippen molar-refractivity contribution in [1.29, 1.82) is 0 Å². The van der Waals surface area contributed by atoms with Gasteiger partial charge in [-0.1, -0.05) is 0 Å². The molecule has 0 aliphatic heterocycles. The van der Waals surface area contributed by atoms with Gasteiger partial charge < -0.3 is 19.8 Å². The van der Waals surface area contributed by atoms with E-state index in [1.165, 1.54) is 0 Å². The molecule has 0 amide bonds. The molecule has 4 atom stereocenters. The van der Waals surface area contributed by atoms with Crippen LogP contribution < -0.4 is 69.3 Å². The Balaban J connectivity index is 0.00000112. The third kappa shape index (κ3) is 2.40. The molecule has 0 aromatic rings. The summed E-state index contributed by atoms with van der Waals surface area (Å²) in [7, 11) is 0. The maximum absolute atomic E-state index is 11.4. The van der Waals surface area contributed by atoms with Gasteiger partial charge in [-0.05, 0) is 12.8 Å². The van der Waals surface area contributed by atoms with Crippen molar-refractivity contribution in [3.63, 3.8) is 0 Å². The van der Waals surface area contributed by atoms with Gasteiger partial charge >= 0.3 is 59.1 Å². The van der Waals surface area contributed by atoms with Crippen LogP contribution in [0.5, 0.6) is 0 Å². The van der Waals surface area contributed by atoms with Crippen LogP contribution in [-0.4, -0.2) is 17.7 Å². The monoisotopic (exact) mass is 242 g/mol. The minimum Gasteiger partial charge on any atom is -0.550 e. The molecule has 2 aliphatic rings. The number of carboxylic acids is 2. The van der Waals surface area contributed by atoms with Gasteiger partial charge in [-0.25, -0.2) is 0 Å². The molecule has 2 aliphatic carbocycles. The van der Waals surface area contributed by atoms with Crippen LogP contribution >= 0.6 is 0 Å². The standard InChI is InChI=1S/C9H10O5.2Na/c10-7-3-1-2-4(7)6(9(13)14)5(3)8(11)12;;/h3-6H,1-2H2,(H,11,12)(H,13,14);;/q;2*+1/p-2. The maximum atomic E-state index is 11.4. The van der Waals surface area contributed by atoms with E-state index < -0.39 is 35.6 Å². The SMILES string of the molecule is O=C1C2CCC1C(C(=O)[O-])C2C(=O)[O-].[Na+].[Na+]. The van der Waals surface area contributed by atoms with E-state index in [1.807, 2.05) is 0 Å². The quantitative estimate of drug-likeness (QED) is 0.448. The van der Waals surface area contributed by atoms with Gasteiger partial charge in [-0.3, -0.25) is 4.79 Å². The molecular weight excluding hydrogens is 234 g/mol. The second-order valence-electron chi connectivity index (χ2n) is 3.88. The molecule has 0 N–H and O–H groups in total. The molecule has 0 spiro atoms. The summed E-state index contributed by atoms with van der Waals surface area (Å²) in [6, 6.07) is 0. The van der Waals surface area contributed by atoms with Crippen LogP contribution in [0, 0.1) is 23.7 Å². The van der Waals surface area contributed by atoms with Crippen molar-refractivity contribution >= 4 is 17.7 Å². The fourth-order valence-electron chi connectivity index (χ4n) is 2.75. The third-order valence-corrected chi connectivity index (χ3v) is 3.32. The smallest absolute Gasteiger partial charge is 0.550 e. The van der Waals surface area contributed by atoms with Gasteiger partial charge in [-0.15, -0.1) is 0 Å². The first-order valence-corrected chi connectivity index (χ1v) is 4.49. The van der Waals surface area contributed by atoms with E-state index in [9.17, 15) is 24.6 Å². The largest absolute Gasteiger partial charge is 1.00 e. The summed E-state index contributed by atoms with van der Waals surface area (Å²) in [5.41, 5.74) is 0. The fraction of sp³-hybridized carbons (Fsp3) is 0.667. The molecular formula is C9H8Na2O5. The van der Waals surface area contributed by atoms with Crippen molar-refractivity contribution in [1.82, 2.24) is 0 Å². The van der Waals surface area contributed by atoms with Gasteiger partial charge in [0.2, 0.25) is 0 Å². The minimum absolute atomic E-state index is 0. The summed E-state index contributed by atoms with van der Waals surface area (Å²) in [5.74, 6) is -6.80. The summed E-state index contributed by atoms with van der Waals surface area (Å²) >= 11 is 0. The average molecular weight is 242 g/mol. The van der Waals surface area contributed by atoms with E-state index in [0.29, 0.717) is 12.8 Å². The van der Waals surface area contributed by atoms with Crippen molar-refractivity contribution in [3.05, 3.63) is 0 Å². The van der Waals surface area contributed by atoms with E-state index in [1.54, 1.807) is 0 Å². The molecule has 16 heavy (non-hydrogen) atoms. The summed E-state index contributed by atoms with van der Waals surface area (Å²) in [6.07, 6.45) is 0.928. The van der Waals surface area contributed by atoms with Crippen LogP contribution in [0.4, 0.5) is 0 Å². The Labute approximate surface area is 137 Å². The first kappa shape index (κ1) is 16.6. The van der Waals surface area contributed by atoms with E-state index in [4.69, 9.17) is 0 Å². The Morgan fingerprint density at radius 2 is 1.25 bits per heavy atom. The molecule has 2 bridgehead atoms. The molecule has 76 valence electrons. The van der Waals surface area contributed by atoms with Crippen LogP contribution in [0.2, 0.25) is 0 Å². The van der Waals surface area contributed by atoms with Crippen LogP contribution in [0.15, 0.2) is 0 Å². The number of ketones is 1. The first-order valence-electron chi connectivity index (χ1n) is 4.49. The number of hydrogen-bond acceptors (Lipinski definition) is 5. The van der Waals surface area contributed by atoms with Crippen LogP contribution in [0.3, 0.4) is 0 Å². The predicted molar refractivity (Wildman–Crippen MR) is 38.2 cm³/mol. The van der Waals surface area contributed by atoms with Crippen molar-refractivity contribution in [3.8, 4) is 0 Å². The van der Waals surface area contributed by atoms with Crippen molar-refractivity contribution in [2.24, 2.45) is 23.7 Å². The maximum Gasteiger partial charge on any atom is 1.00 e. The number of Topliss-reactive ketones (excluding diaryl/α,β-unsaturated/α-hetero) is 1. The summed E-state index contributed by atoms with van der Waals surface area (Å²) in [6.45, 7) is 0. The molecule has 0 heterocycles. The Hall–Kier alpha value is 0.610. The second-order valence-corrected chi connectivity index (χ2v) is 3.88. The Kier molecular flexibility index (Phi) is 6.21. The normalized spacial score (nSPS) is 35.1. The van der Waals surface area contributed by atoms with Gasteiger partial charge in [0.1, 0.15) is 5.78 Å². The summed E-state index contributed by atoms with van der Waals surface area (Å²) < 4.78 is 0. The van der Waals surface area contributed by atoms with Gasteiger partial charge in [0.05, 0.1) is 0 Å². The van der Waals surface area contributed by atoms with Crippen molar-refractivity contribution in [2.45, 2.75) is 12.8 Å². The summed E-state index contributed by atoms with van der Waals surface area (Å²) in [5, 5.41) is 21.4. The average Bonchev–Trinajstić information content (AvgIpc) is 2.58. The number of fused-ring (bicyclic) bond motifs is 2. The molecule has 2 fully saturated rings.